The normalized spacial score (nSPS) is 12.4. The van der Waals surface area contributed by atoms with Crippen LogP contribution in [0, 0.1) is 10.1 Å². The zero-order valence-electron chi connectivity index (χ0n) is 11.7. The highest BCUT2D eigenvalue weighted by molar-refractivity contribution is 7.99. The van der Waals surface area contributed by atoms with Gasteiger partial charge in [0, 0.05) is 24.7 Å². The number of aromatic nitrogens is 3. The molecule has 0 N–H and O–H groups in total. The van der Waals surface area contributed by atoms with Crippen molar-refractivity contribution < 1.29 is 4.92 Å². The highest BCUT2D eigenvalue weighted by Crippen LogP contribution is 2.50. The zero-order chi connectivity index (χ0) is 15.8. The summed E-state index contributed by atoms with van der Waals surface area (Å²) < 4.78 is 0. The zero-order valence-corrected chi connectivity index (χ0v) is 12.5. The fourth-order valence-electron chi connectivity index (χ4n) is 2.40. The molecule has 0 amide bonds. The van der Waals surface area contributed by atoms with Gasteiger partial charge in [0.1, 0.15) is 5.03 Å². The lowest BCUT2D eigenvalue weighted by Gasteiger charge is -2.29. The Bertz CT molecular complexity index is 872. The lowest BCUT2D eigenvalue weighted by Crippen LogP contribution is -2.19. The summed E-state index contributed by atoms with van der Waals surface area (Å²) >= 11 is 1.48. The number of hydrogen-bond acceptors (Lipinski definition) is 7. The van der Waals surface area contributed by atoms with Crippen LogP contribution in [0.4, 0.5) is 23.0 Å². The van der Waals surface area contributed by atoms with Crippen LogP contribution in [0.1, 0.15) is 0 Å². The number of anilines is 3. The molecule has 4 rings (SSSR count). The van der Waals surface area contributed by atoms with Gasteiger partial charge < -0.3 is 0 Å². The smallest absolute Gasteiger partial charge is 0.270 e. The number of rotatable bonds is 2. The molecule has 0 radical (unpaired) electrons. The van der Waals surface area contributed by atoms with Gasteiger partial charge in [0.05, 0.1) is 15.5 Å². The Balaban J connectivity index is 2.01. The lowest BCUT2D eigenvalue weighted by atomic mass is 10.3. The van der Waals surface area contributed by atoms with Gasteiger partial charge >= 0.3 is 5.69 Å². The van der Waals surface area contributed by atoms with E-state index in [-0.39, 0.29) is 11.5 Å². The van der Waals surface area contributed by atoms with Gasteiger partial charge in [-0.1, -0.05) is 11.8 Å². The Labute approximate surface area is 135 Å². The minimum Gasteiger partial charge on any atom is -0.270 e. The van der Waals surface area contributed by atoms with Crippen LogP contribution in [0.3, 0.4) is 0 Å². The third-order valence-electron chi connectivity index (χ3n) is 3.34. The van der Waals surface area contributed by atoms with Gasteiger partial charge in [-0.05, 0) is 30.3 Å². The molecule has 0 fully saturated rings. The molecule has 0 aliphatic carbocycles. The van der Waals surface area contributed by atoms with Gasteiger partial charge in [0.2, 0.25) is 5.82 Å². The van der Waals surface area contributed by atoms with Crippen molar-refractivity contribution >= 4 is 34.8 Å². The van der Waals surface area contributed by atoms with E-state index in [9.17, 15) is 10.1 Å². The van der Waals surface area contributed by atoms with Gasteiger partial charge in [0.25, 0.3) is 0 Å². The summed E-state index contributed by atoms with van der Waals surface area (Å²) in [7, 11) is 0. The van der Waals surface area contributed by atoms with Gasteiger partial charge in [-0.3, -0.25) is 15.0 Å². The molecule has 0 bridgehead atoms. The van der Waals surface area contributed by atoms with Crippen molar-refractivity contribution in [3.05, 3.63) is 65.1 Å². The number of hydrogen-bond donors (Lipinski definition) is 0. The van der Waals surface area contributed by atoms with E-state index in [0.717, 1.165) is 15.6 Å². The monoisotopic (exact) mass is 323 g/mol. The van der Waals surface area contributed by atoms with E-state index in [1.807, 2.05) is 18.2 Å². The number of fused-ring (bicyclic) bond motifs is 2. The fraction of sp³-hybridized carbons (Fsp3) is 0. The van der Waals surface area contributed by atoms with E-state index in [4.69, 9.17) is 0 Å². The third kappa shape index (κ3) is 2.20. The first kappa shape index (κ1) is 13.6. The topological polar surface area (TPSA) is 85.0 Å². The van der Waals surface area contributed by atoms with E-state index in [1.165, 1.54) is 24.0 Å². The third-order valence-corrected chi connectivity index (χ3v) is 4.38. The highest BCUT2D eigenvalue weighted by atomic mass is 32.2. The van der Waals surface area contributed by atoms with Crippen LogP contribution in [0.2, 0.25) is 0 Å². The Kier molecular flexibility index (Phi) is 3.16. The molecule has 1 aliphatic rings. The molecule has 23 heavy (non-hydrogen) atoms. The van der Waals surface area contributed by atoms with Gasteiger partial charge in [-0.15, -0.1) is 0 Å². The summed E-state index contributed by atoms with van der Waals surface area (Å²) in [6.45, 7) is 0. The summed E-state index contributed by atoms with van der Waals surface area (Å²) in [5, 5.41) is 12.1. The SMILES string of the molecule is O=[N+]([O-])c1cccnc1N1c2cccnc2Sc2cccnc21. The second-order valence-corrected chi connectivity index (χ2v) is 5.72. The Morgan fingerprint density at radius 1 is 0.957 bits per heavy atom. The second-order valence-electron chi connectivity index (χ2n) is 4.69. The van der Waals surface area contributed by atoms with Crippen LogP contribution >= 0.6 is 11.8 Å². The Morgan fingerprint density at radius 3 is 2.48 bits per heavy atom. The Morgan fingerprint density at radius 2 is 1.65 bits per heavy atom. The molecular formula is C15H9N5O2S. The summed E-state index contributed by atoms with van der Waals surface area (Å²) in [5.74, 6) is 0.840. The summed E-state index contributed by atoms with van der Waals surface area (Å²) in [6.07, 6.45) is 4.88. The minimum atomic E-state index is -0.442. The molecule has 3 aromatic rings. The van der Waals surface area contributed by atoms with Gasteiger partial charge in [-0.2, -0.15) is 0 Å². The maximum atomic E-state index is 11.4. The molecule has 4 heterocycles. The van der Waals surface area contributed by atoms with E-state index >= 15 is 0 Å². The maximum absolute atomic E-state index is 11.4. The molecule has 0 unspecified atom stereocenters. The van der Waals surface area contributed by atoms with E-state index in [0.29, 0.717) is 5.82 Å². The van der Waals surface area contributed by atoms with E-state index in [1.54, 1.807) is 29.4 Å². The molecule has 0 aromatic carbocycles. The molecule has 7 nitrogen and oxygen atoms in total. The molecule has 1 aliphatic heterocycles. The first-order valence-corrected chi connectivity index (χ1v) is 7.55. The molecule has 0 atom stereocenters. The lowest BCUT2D eigenvalue weighted by molar-refractivity contribution is -0.384. The molecule has 8 heteroatoms. The first-order valence-electron chi connectivity index (χ1n) is 6.73. The maximum Gasteiger partial charge on any atom is 0.312 e. The van der Waals surface area contributed by atoms with Gasteiger partial charge in [-0.25, -0.2) is 15.0 Å². The molecule has 0 saturated carbocycles. The van der Waals surface area contributed by atoms with Crippen molar-refractivity contribution in [3.63, 3.8) is 0 Å². The fourth-order valence-corrected chi connectivity index (χ4v) is 3.36. The van der Waals surface area contributed by atoms with Crippen LogP contribution in [0.15, 0.2) is 64.9 Å². The molecule has 112 valence electrons. The van der Waals surface area contributed by atoms with Crippen LogP contribution in [-0.4, -0.2) is 19.9 Å². The molecular weight excluding hydrogens is 314 g/mol. The molecule has 0 spiro atoms. The van der Waals surface area contributed by atoms with Crippen LogP contribution < -0.4 is 4.90 Å². The minimum absolute atomic E-state index is 0.0780. The van der Waals surface area contributed by atoms with Crippen molar-refractivity contribution in [2.75, 3.05) is 4.90 Å². The second kappa shape index (κ2) is 5.33. The van der Waals surface area contributed by atoms with Crippen molar-refractivity contribution in [1.82, 2.24) is 15.0 Å². The predicted molar refractivity (Wildman–Crippen MR) is 85.3 cm³/mol. The average molecular weight is 323 g/mol. The summed E-state index contributed by atoms with van der Waals surface area (Å²) in [4.78, 5) is 26.5. The number of pyridine rings is 3. The van der Waals surface area contributed by atoms with Crippen molar-refractivity contribution in [2.24, 2.45) is 0 Å². The van der Waals surface area contributed by atoms with Crippen molar-refractivity contribution in [3.8, 4) is 0 Å². The predicted octanol–water partition coefficient (Wildman–Crippen LogP) is 3.71. The number of nitro groups is 1. The average Bonchev–Trinajstić information content (AvgIpc) is 2.59. The highest BCUT2D eigenvalue weighted by Gasteiger charge is 2.31. The quantitative estimate of drug-likeness (QED) is 0.410. The molecule has 3 aromatic heterocycles. The van der Waals surface area contributed by atoms with Crippen LogP contribution in [0.5, 0.6) is 0 Å². The summed E-state index contributed by atoms with van der Waals surface area (Å²) in [6, 6.07) is 10.4. The summed E-state index contributed by atoms with van der Waals surface area (Å²) in [5.41, 5.74) is 0.649. The Hall–Kier alpha value is -3.00. The molecule has 0 saturated heterocycles. The standard InChI is InChI=1S/C15H9N5O2S/c21-20(22)10-4-1-7-16-13(10)19-11-5-2-9-18-15(11)23-12-6-3-8-17-14(12)19/h1-9H. The van der Waals surface area contributed by atoms with Crippen LogP contribution in [0.25, 0.3) is 0 Å². The van der Waals surface area contributed by atoms with Crippen molar-refractivity contribution in [1.29, 1.82) is 0 Å². The largest absolute Gasteiger partial charge is 0.312 e. The first-order chi connectivity index (χ1) is 11.3. The number of nitrogens with zero attached hydrogens (tertiary/aromatic N) is 5. The van der Waals surface area contributed by atoms with E-state index in [2.05, 4.69) is 15.0 Å². The van der Waals surface area contributed by atoms with Crippen LogP contribution in [-0.2, 0) is 0 Å². The van der Waals surface area contributed by atoms with Gasteiger partial charge in [0.15, 0.2) is 5.82 Å². The van der Waals surface area contributed by atoms with E-state index < -0.39 is 4.92 Å². The van der Waals surface area contributed by atoms with Crippen molar-refractivity contribution in [2.45, 2.75) is 9.92 Å².